The third kappa shape index (κ3) is 3.69. The van der Waals surface area contributed by atoms with Gasteiger partial charge in [0.15, 0.2) is 17.1 Å². The monoisotopic (exact) mass is 400 g/mol. The first-order chi connectivity index (χ1) is 14.1. The van der Waals surface area contributed by atoms with E-state index in [1.54, 1.807) is 25.3 Å². The lowest BCUT2D eigenvalue weighted by atomic mass is 9.91. The van der Waals surface area contributed by atoms with Gasteiger partial charge in [0, 0.05) is 30.5 Å². The van der Waals surface area contributed by atoms with Gasteiger partial charge in [-0.15, -0.1) is 0 Å². The first-order valence-corrected chi connectivity index (χ1v) is 9.95. The number of anilines is 1. The molecule has 0 radical (unpaired) electrons. The third-order valence-electron chi connectivity index (χ3n) is 5.40. The summed E-state index contributed by atoms with van der Waals surface area (Å²) in [7, 11) is 1.62. The second-order valence-electron chi connectivity index (χ2n) is 7.28. The molecular weight excluding hydrogens is 375 g/mol. The van der Waals surface area contributed by atoms with Gasteiger partial charge in [0.05, 0.1) is 19.4 Å². The lowest BCUT2D eigenvalue weighted by Gasteiger charge is -2.34. The fourth-order valence-electron chi connectivity index (χ4n) is 3.95. The van der Waals surface area contributed by atoms with Gasteiger partial charge < -0.3 is 24.0 Å². The molecule has 1 aliphatic heterocycles. The van der Waals surface area contributed by atoms with E-state index < -0.39 is 0 Å². The molecule has 0 aliphatic carbocycles. The van der Waals surface area contributed by atoms with Crippen LogP contribution in [0.3, 0.4) is 0 Å². The summed E-state index contributed by atoms with van der Waals surface area (Å²) in [4.78, 5) is 2.18. The summed E-state index contributed by atoms with van der Waals surface area (Å²) in [5, 5.41) is 15.4. The number of aromatic hydroxyl groups is 1. The van der Waals surface area contributed by atoms with Crippen molar-refractivity contribution in [1.29, 1.82) is 0 Å². The molecule has 0 atom stereocenters. The standard InChI is InChI=1S/C22H25FN2O4/c1-3-12-28-22-17(26)6-7-18(27-2)21(22)25-10-8-14(9-11-25)20-16-5-4-15(23)13-19(16)29-24-20/h4-7,13-14,26H,3,8-12H2,1-2H3. The number of aromatic nitrogens is 1. The summed E-state index contributed by atoms with van der Waals surface area (Å²) in [6, 6.07) is 7.90. The van der Waals surface area contributed by atoms with Crippen LogP contribution in [0, 0.1) is 5.82 Å². The van der Waals surface area contributed by atoms with Crippen LogP contribution < -0.4 is 14.4 Å². The highest BCUT2D eigenvalue weighted by Gasteiger charge is 2.29. The van der Waals surface area contributed by atoms with Crippen molar-refractivity contribution in [2.75, 3.05) is 31.7 Å². The molecule has 6 nitrogen and oxygen atoms in total. The van der Waals surface area contributed by atoms with Crippen LogP contribution in [0.4, 0.5) is 10.1 Å². The molecule has 7 heteroatoms. The largest absolute Gasteiger partial charge is 0.504 e. The van der Waals surface area contributed by atoms with Gasteiger partial charge in [-0.25, -0.2) is 4.39 Å². The Morgan fingerprint density at radius 3 is 2.76 bits per heavy atom. The van der Waals surface area contributed by atoms with Crippen molar-refractivity contribution in [1.82, 2.24) is 5.16 Å². The highest BCUT2D eigenvalue weighted by Crippen LogP contribution is 2.46. The minimum absolute atomic E-state index is 0.112. The van der Waals surface area contributed by atoms with Crippen molar-refractivity contribution in [3.8, 4) is 17.2 Å². The lowest BCUT2D eigenvalue weighted by Crippen LogP contribution is -2.33. The van der Waals surface area contributed by atoms with Crippen molar-refractivity contribution in [2.45, 2.75) is 32.1 Å². The SMILES string of the molecule is CCCOc1c(O)ccc(OC)c1N1CCC(c2noc3cc(F)ccc23)CC1. The number of nitrogens with zero attached hydrogens (tertiary/aromatic N) is 2. The Hall–Kier alpha value is -2.96. The summed E-state index contributed by atoms with van der Waals surface area (Å²) in [5.41, 5.74) is 2.14. The van der Waals surface area contributed by atoms with Gasteiger partial charge in [-0.3, -0.25) is 0 Å². The smallest absolute Gasteiger partial charge is 0.188 e. The molecule has 1 saturated heterocycles. The van der Waals surface area contributed by atoms with E-state index in [-0.39, 0.29) is 17.5 Å². The van der Waals surface area contributed by atoms with Gasteiger partial charge >= 0.3 is 0 Å². The van der Waals surface area contributed by atoms with E-state index in [2.05, 4.69) is 10.1 Å². The number of phenols is 1. The van der Waals surface area contributed by atoms with Gasteiger partial charge in [-0.2, -0.15) is 0 Å². The van der Waals surface area contributed by atoms with Crippen molar-refractivity contribution < 1.29 is 23.5 Å². The predicted octanol–water partition coefficient (Wildman–Crippen LogP) is 4.85. The number of methoxy groups -OCH3 is 1. The first-order valence-electron chi connectivity index (χ1n) is 9.95. The number of fused-ring (bicyclic) bond motifs is 1. The van der Waals surface area contributed by atoms with Crippen LogP contribution in [0.1, 0.15) is 37.8 Å². The van der Waals surface area contributed by atoms with E-state index in [1.165, 1.54) is 12.1 Å². The number of hydrogen-bond acceptors (Lipinski definition) is 6. The molecule has 0 spiro atoms. The van der Waals surface area contributed by atoms with Gasteiger partial charge in [0.1, 0.15) is 17.3 Å². The second-order valence-corrected chi connectivity index (χ2v) is 7.28. The number of ether oxygens (including phenoxy) is 2. The fraction of sp³-hybridized carbons (Fsp3) is 0.409. The number of halogens is 1. The molecular formula is C22H25FN2O4. The third-order valence-corrected chi connectivity index (χ3v) is 5.40. The molecule has 3 aromatic rings. The van der Waals surface area contributed by atoms with Crippen LogP contribution in [0.5, 0.6) is 17.2 Å². The fourth-order valence-corrected chi connectivity index (χ4v) is 3.95. The lowest BCUT2D eigenvalue weighted by molar-refractivity contribution is 0.296. The van der Waals surface area contributed by atoms with Gasteiger partial charge in [0.25, 0.3) is 0 Å². The van der Waals surface area contributed by atoms with Gasteiger partial charge in [-0.1, -0.05) is 12.1 Å². The molecule has 0 amide bonds. The Morgan fingerprint density at radius 1 is 1.24 bits per heavy atom. The van der Waals surface area contributed by atoms with Crippen LogP contribution in [-0.2, 0) is 0 Å². The average molecular weight is 400 g/mol. The molecule has 0 saturated carbocycles. The number of benzene rings is 2. The normalized spacial score (nSPS) is 15.1. The maximum Gasteiger partial charge on any atom is 0.188 e. The van der Waals surface area contributed by atoms with Crippen LogP contribution >= 0.6 is 0 Å². The topological polar surface area (TPSA) is 68.0 Å². The van der Waals surface area contributed by atoms with Gasteiger partial charge in [-0.05, 0) is 43.5 Å². The molecule has 0 bridgehead atoms. The predicted molar refractivity (Wildman–Crippen MR) is 109 cm³/mol. The Morgan fingerprint density at radius 2 is 2.03 bits per heavy atom. The molecule has 2 heterocycles. The van der Waals surface area contributed by atoms with Crippen molar-refractivity contribution in [2.24, 2.45) is 0 Å². The molecule has 2 aromatic carbocycles. The maximum absolute atomic E-state index is 13.4. The Bertz CT molecular complexity index is 996. The molecule has 29 heavy (non-hydrogen) atoms. The van der Waals surface area contributed by atoms with Crippen LogP contribution in [0.15, 0.2) is 34.9 Å². The summed E-state index contributed by atoms with van der Waals surface area (Å²) >= 11 is 0. The summed E-state index contributed by atoms with van der Waals surface area (Å²) in [6.45, 7) is 4.05. The summed E-state index contributed by atoms with van der Waals surface area (Å²) in [6.07, 6.45) is 2.55. The molecule has 4 rings (SSSR count). The van der Waals surface area contributed by atoms with Crippen molar-refractivity contribution in [3.63, 3.8) is 0 Å². The number of piperidine rings is 1. The molecule has 1 fully saturated rings. The Labute approximate surface area is 168 Å². The van der Waals surface area contributed by atoms with Crippen molar-refractivity contribution >= 4 is 16.7 Å². The maximum atomic E-state index is 13.4. The first kappa shape index (κ1) is 19.4. The Balaban J connectivity index is 1.57. The summed E-state index contributed by atoms with van der Waals surface area (Å²) in [5.74, 6) is 1.15. The average Bonchev–Trinajstić information content (AvgIpc) is 3.15. The van der Waals surface area contributed by atoms with E-state index in [0.717, 1.165) is 49.1 Å². The zero-order valence-corrected chi connectivity index (χ0v) is 16.7. The van der Waals surface area contributed by atoms with E-state index in [9.17, 15) is 9.50 Å². The second kappa shape index (κ2) is 8.19. The minimum Gasteiger partial charge on any atom is -0.504 e. The van der Waals surface area contributed by atoms with E-state index in [4.69, 9.17) is 14.0 Å². The number of rotatable bonds is 6. The van der Waals surface area contributed by atoms with Crippen LogP contribution in [0.2, 0.25) is 0 Å². The quantitative estimate of drug-likeness (QED) is 0.638. The molecule has 1 aromatic heterocycles. The van der Waals surface area contributed by atoms with Crippen LogP contribution in [0.25, 0.3) is 11.0 Å². The molecule has 154 valence electrons. The number of hydrogen-bond donors (Lipinski definition) is 1. The minimum atomic E-state index is -0.328. The van der Waals surface area contributed by atoms with Gasteiger partial charge in [0.2, 0.25) is 0 Å². The van der Waals surface area contributed by atoms with Crippen molar-refractivity contribution in [3.05, 3.63) is 41.8 Å². The number of phenolic OH excluding ortho intramolecular Hbond substituents is 1. The molecule has 0 unspecified atom stereocenters. The molecule has 1 aliphatic rings. The molecule has 1 N–H and O–H groups in total. The highest BCUT2D eigenvalue weighted by atomic mass is 19.1. The van der Waals surface area contributed by atoms with E-state index in [1.807, 2.05) is 6.92 Å². The van der Waals surface area contributed by atoms with E-state index in [0.29, 0.717) is 23.7 Å². The zero-order valence-electron chi connectivity index (χ0n) is 16.7. The zero-order chi connectivity index (χ0) is 20.4. The highest BCUT2D eigenvalue weighted by molar-refractivity contribution is 5.80. The Kier molecular flexibility index (Phi) is 5.47. The van der Waals surface area contributed by atoms with Crippen LogP contribution in [-0.4, -0.2) is 37.1 Å². The van der Waals surface area contributed by atoms with E-state index >= 15 is 0 Å². The summed E-state index contributed by atoms with van der Waals surface area (Å²) < 4.78 is 30.1.